The van der Waals surface area contributed by atoms with Gasteiger partial charge in [0, 0.05) is 26.4 Å². The smallest absolute Gasteiger partial charge is 0.242 e. The van der Waals surface area contributed by atoms with Crippen molar-refractivity contribution >= 4 is 11.8 Å². The van der Waals surface area contributed by atoms with Crippen LogP contribution in [0.3, 0.4) is 0 Å². The van der Waals surface area contributed by atoms with Crippen molar-refractivity contribution in [1.82, 2.24) is 10.2 Å². The van der Waals surface area contributed by atoms with Crippen LogP contribution < -0.4 is 5.32 Å². The van der Waals surface area contributed by atoms with E-state index in [1.54, 1.807) is 11.9 Å². The number of carbonyl (C=O) groups excluding carboxylic acids is 2. The first kappa shape index (κ1) is 17.7. The van der Waals surface area contributed by atoms with E-state index in [2.05, 4.69) is 5.32 Å². The number of rotatable bonds is 7. The first-order valence-electron chi connectivity index (χ1n) is 8.24. The molecule has 4 nitrogen and oxygen atoms in total. The van der Waals surface area contributed by atoms with Crippen LogP contribution in [-0.2, 0) is 22.6 Å². The lowest BCUT2D eigenvalue weighted by atomic mass is 10.0. The van der Waals surface area contributed by atoms with Gasteiger partial charge < -0.3 is 10.2 Å². The maximum Gasteiger partial charge on any atom is 0.242 e. The van der Waals surface area contributed by atoms with E-state index in [0.29, 0.717) is 19.4 Å². The SMILES string of the molecule is CCC(=O)N(Cc1ccccc1)[C@@H](Cc1ccccc1)C(=O)NC. The number of likely N-dealkylation sites (N-methyl/N-ethyl adjacent to an activating group) is 1. The van der Waals surface area contributed by atoms with Crippen molar-refractivity contribution in [3.63, 3.8) is 0 Å². The fourth-order valence-corrected chi connectivity index (χ4v) is 2.70. The topological polar surface area (TPSA) is 49.4 Å². The van der Waals surface area contributed by atoms with Crippen molar-refractivity contribution in [3.8, 4) is 0 Å². The highest BCUT2D eigenvalue weighted by atomic mass is 16.2. The van der Waals surface area contributed by atoms with E-state index in [-0.39, 0.29) is 11.8 Å². The van der Waals surface area contributed by atoms with Crippen molar-refractivity contribution in [2.45, 2.75) is 32.4 Å². The average Bonchev–Trinajstić information content (AvgIpc) is 2.65. The van der Waals surface area contributed by atoms with Gasteiger partial charge in [0.2, 0.25) is 11.8 Å². The van der Waals surface area contributed by atoms with Gasteiger partial charge in [-0.25, -0.2) is 0 Å². The summed E-state index contributed by atoms with van der Waals surface area (Å²) >= 11 is 0. The third-order valence-electron chi connectivity index (χ3n) is 4.02. The van der Waals surface area contributed by atoms with Crippen molar-refractivity contribution in [2.24, 2.45) is 0 Å². The summed E-state index contributed by atoms with van der Waals surface area (Å²) in [5, 5.41) is 2.70. The Bertz CT molecular complexity index is 596. The minimum absolute atomic E-state index is 0.0246. The molecule has 4 heteroatoms. The minimum atomic E-state index is -0.523. The van der Waals surface area contributed by atoms with Gasteiger partial charge in [0.05, 0.1) is 0 Å². The molecule has 2 amide bonds. The number of benzene rings is 2. The van der Waals surface area contributed by atoms with Crippen LogP contribution in [0.4, 0.5) is 0 Å². The van der Waals surface area contributed by atoms with Crippen LogP contribution >= 0.6 is 0 Å². The number of amides is 2. The molecular weight excluding hydrogens is 300 g/mol. The Hall–Kier alpha value is -2.62. The van der Waals surface area contributed by atoms with E-state index in [1.807, 2.05) is 67.6 Å². The first-order chi connectivity index (χ1) is 11.7. The van der Waals surface area contributed by atoms with Crippen LogP contribution in [0, 0.1) is 0 Å². The largest absolute Gasteiger partial charge is 0.357 e. The summed E-state index contributed by atoms with van der Waals surface area (Å²) in [5.41, 5.74) is 2.05. The van der Waals surface area contributed by atoms with Gasteiger partial charge in [-0.05, 0) is 11.1 Å². The highest BCUT2D eigenvalue weighted by Gasteiger charge is 2.28. The zero-order valence-corrected chi connectivity index (χ0v) is 14.2. The molecule has 0 spiro atoms. The van der Waals surface area contributed by atoms with Gasteiger partial charge in [-0.2, -0.15) is 0 Å². The van der Waals surface area contributed by atoms with Gasteiger partial charge in [0.15, 0.2) is 0 Å². The Morgan fingerprint density at radius 1 is 0.958 bits per heavy atom. The van der Waals surface area contributed by atoms with Crippen LogP contribution in [0.1, 0.15) is 24.5 Å². The number of nitrogens with zero attached hydrogens (tertiary/aromatic N) is 1. The lowest BCUT2D eigenvalue weighted by molar-refractivity contribution is -0.140. The Balaban J connectivity index is 2.29. The Morgan fingerprint density at radius 2 is 1.50 bits per heavy atom. The molecular formula is C20H24N2O2. The molecule has 0 unspecified atom stereocenters. The molecule has 126 valence electrons. The van der Waals surface area contributed by atoms with Crippen LogP contribution in [0.15, 0.2) is 60.7 Å². The zero-order chi connectivity index (χ0) is 17.4. The van der Waals surface area contributed by atoms with Crippen LogP contribution in [-0.4, -0.2) is 29.8 Å². The molecule has 0 saturated heterocycles. The Kier molecular flexibility index (Phi) is 6.55. The monoisotopic (exact) mass is 324 g/mol. The third kappa shape index (κ3) is 4.69. The van der Waals surface area contributed by atoms with Gasteiger partial charge in [0.25, 0.3) is 0 Å². The van der Waals surface area contributed by atoms with Gasteiger partial charge in [0.1, 0.15) is 6.04 Å². The third-order valence-corrected chi connectivity index (χ3v) is 4.02. The quantitative estimate of drug-likeness (QED) is 0.851. The second-order valence-corrected chi connectivity index (χ2v) is 5.68. The summed E-state index contributed by atoms with van der Waals surface area (Å²) in [4.78, 5) is 26.7. The maximum atomic E-state index is 12.5. The maximum absolute atomic E-state index is 12.5. The number of carbonyl (C=O) groups is 2. The Labute approximate surface area is 143 Å². The molecule has 2 rings (SSSR count). The molecule has 0 radical (unpaired) electrons. The van der Waals surface area contributed by atoms with E-state index in [1.165, 1.54) is 0 Å². The predicted octanol–water partition coefficient (Wildman–Crippen LogP) is 2.78. The lowest BCUT2D eigenvalue weighted by Gasteiger charge is -2.31. The van der Waals surface area contributed by atoms with E-state index >= 15 is 0 Å². The van der Waals surface area contributed by atoms with Crippen LogP contribution in [0.2, 0.25) is 0 Å². The van der Waals surface area contributed by atoms with Crippen molar-refractivity contribution < 1.29 is 9.59 Å². The highest BCUT2D eigenvalue weighted by Crippen LogP contribution is 2.15. The lowest BCUT2D eigenvalue weighted by Crippen LogP contribution is -2.49. The van der Waals surface area contributed by atoms with Gasteiger partial charge >= 0.3 is 0 Å². The molecule has 1 N–H and O–H groups in total. The highest BCUT2D eigenvalue weighted by molar-refractivity contribution is 5.87. The van der Waals surface area contributed by atoms with Crippen LogP contribution in [0.5, 0.6) is 0 Å². The second kappa shape index (κ2) is 8.87. The second-order valence-electron chi connectivity index (χ2n) is 5.68. The molecule has 0 aromatic heterocycles. The molecule has 0 heterocycles. The van der Waals surface area contributed by atoms with Crippen LogP contribution in [0.25, 0.3) is 0 Å². The molecule has 1 atom stereocenters. The summed E-state index contributed by atoms with van der Waals surface area (Å²) < 4.78 is 0. The molecule has 0 fully saturated rings. The van der Waals surface area contributed by atoms with Gasteiger partial charge in [-0.3, -0.25) is 9.59 Å². The van der Waals surface area contributed by atoms with E-state index in [4.69, 9.17) is 0 Å². The minimum Gasteiger partial charge on any atom is -0.357 e. The van der Waals surface area contributed by atoms with Gasteiger partial charge in [-0.15, -0.1) is 0 Å². The Morgan fingerprint density at radius 3 is 2.00 bits per heavy atom. The molecule has 2 aromatic carbocycles. The molecule has 2 aromatic rings. The molecule has 24 heavy (non-hydrogen) atoms. The number of hydrogen-bond donors (Lipinski definition) is 1. The van der Waals surface area contributed by atoms with Crippen molar-refractivity contribution in [3.05, 3.63) is 71.8 Å². The molecule has 0 aliphatic heterocycles. The fraction of sp³-hybridized carbons (Fsp3) is 0.300. The summed E-state index contributed by atoms with van der Waals surface area (Å²) in [7, 11) is 1.61. The van der Waals surface area contributed by atoms with E-state index in [9.17, 15) is 9.59 Å². The number of nitrogens with one attached hydrogen (secondary N) is 1. The van der Waals surface area contributed by atoms with E-state index in [0.717, 1.165) is 11.1 Å². The molecule has 0 bridgehead atoms. The summed E-state index contributed by atoms with van der Waals surface area (Å²) in [6, 6.07) is 19.0. The standard InChI is InChI=1S/C20H24N2O2/c1-3-19(23)22(15-17-12-8-5-9-13-17)18(20(24)21-2)14-16-10-6-4-7-11-16/h4-13,18H,3,14-15H2,1-2H3,(H,21,24)/t18-/m0/s1. The molecule has 0 saturated carbocycles. The molecule has 0 aliphatic rings. The van der Waals surface area contributed by atoms with E-state index < -0.39 is 6.04 Å². The summed E-state index contributed by atoms with van der Waals surface area (Å²) in [6.07, 6.45) is 0.869. The summed E-state index contributed by atoms with van der Waals surface area (Å²) in [5.74, 6) is -0.167. The van der Waals surface area contributed by atoms with Crippen molar-refractivity contribution in [1.29, 1.82) is 0 Å². The predicted molar refractivity (Wildman–Crippen MR) is 95.3 cm³/mol. The molecule has 0 aliphatic carbocycles. The first-order valence-corrected chi connectivity index (χ1v) is 8.24. The fourth-order valence-electron chi connectivity index (χ4n) is 2.70. The van der Waals surface area contributed by atoms with Gasteiger partial charge in [-0.1, -0.05) is 67.6 Å². The van der Waals surface area contributed by atoms with Crippen molar-refractivity contribution in [2.75, 3.05) is 7.05 Å². The summed E-state index contributed by atoms with van der Waals surface area (Å²) in [6.45, 7) is 2.25. The number of hydrogen-bond acceptors (Lipinski definition) is 2. The normalized spacial score (nSPS) is 11.6. The zero-order valence-electron chi connectivity index (χ0n) is 14.2. The average molecular weight is 324 g/mol.